The lowest BCUT2D eigenvalue weighted by Crippen LogP contribution is -2.53. The molecule has 3 aromatic rings. The molecule has 38 heavy (non-hydrogen) atoms. The van der Waals surface area contributed by atoms with Crippen LogP contribution in [0.15, 0.2) is 41.3 Å². The number of carbonyl (C=O) groups is 1. The molecule has 0 aliphatic carbocycles. The topological polar surface area (TPSA) is 91.8 Å². The van der Waals surface area contributed by atoms with E-state index in [-0.39, 0.29) is 29.0 Å². The van der Waals surface area contributed by atoms with E-state index in [1.807, 2.05) is 38.1 Å². The maximum atomic E-state index is 13.8. The molecule has 0 saturated carbocycles. The van der Waals surface area contributed by atoms with E-state index in [9.17, 15) is 13.2 Å². The molecule has 11 heteroatoms. The maximum Gasteiger partial charge on any atom is 0.245 e. The number of benzene rings is 2. The van der Waals surface area contributed by atoms with E-state index >= 15 is 0 Å². The fourth-order valence-electron chi connectivity index (χ4n) is 5.23. The zero-order chi connectivity index (χ0) is 27.0. The number of hydrogen-bond acceptors (Lipinski definition) is 6. The Morgan fingerprint density at radius 3 is 2.66 bits per heavy atom. The highest BCUT2D eigenvalue weighted by atomic mass is 35.5. The average Bonchev–Trinajstić information content (AvgIpc) is 3.40. The highest BCUT2D eigenvalue weighted by molar-refractivity contribution is 7.89. The first-order valence-corrected chi connectivity index (χ1v) is 14.9. The number of aryl methyl sites for hydroxylation is 2. The van der Waals surface area contributed by atoms with E-state index in [1.54, 1.807) is 4.90 Å². The third-order valence-corrected chi connectivity index (χ3v) is 10.0. The molecule has 0 bridgehead atoms. The summed E-state index contributed by atoms with van der Waals surface area (Å²) < 4.78 is 35.0. The smallest absolute Gasteiger partial charge is 0.245 e. The van der Waals surface area contributed by atoms with Crippen LogP contribution in [0, 0.1) is 13.8 Å². The maximum absolute atomic E-state index is 13.8. The van der Waals surface area contributed by atoms with Gasteiger partial charge in [-0.2, -0.15) is 4.31 Å². The second kappa shape index (κ2) is 11.0. The molecular formula is C27H30Cl2N4O4S. The summed E-state index contributed by atoms with van der Waals surface area (Å²) in [6.45, 7) is 6.67. The third-order valence-electron chi connectivity index (χ3n) is 7.16. The van der Waals surface area contributed by atoms with Gasteiger partial charge in [0.05, 0.1) is 5.02 Å². The van der Waals surface area contributed by atoms with Crippen LogP contribution in [0.3, 0.4) is 0 Å². The molecule has 0 radical (unpaired) electrons. The minimum absolute atomic E-state index is 0.00155. The first-order chi connectivity index (χ1) is 18.2. The van der Waals surface area contributed by atoms with Crippen molar-refractivity contribution in [3.63, 3.8) is 0 Å². The van der Waals surface area contributed by atoms with Gasteiger partial charge in [0.1, 0.15) is 28.8 Å². The molecule has 2 aliphatic rings. The summed E-state index contributed by atoms with van der Waals surface area (Å²) >= 11 is 13.2. The monoisotopic (exact) mass is 576 g/mol. The molecule has 2 saturated heterocycles. The summed E-state index contributed by atoms with van der Waals surface area (Å²) in [4.78, 5) is 19.5. The molecule has 0 unspecified atom stereocenters. The number of sulfonamides is 1. The van der Waals surface area contributed by atoms with E-state index in [0.717, 1.165) is 16.6 Å². The Bertz CT molecular complexity index is 1490. The van der Waals surface area contributed by atoms with Crippen LogP contribution in [0.4, 0.5) is 0 Å². The van der Waals surface area contributed by atoms with E-state index in [4.69, 9.17) is 27.9 Å². The van der Waals surface area contributed by atoms with E-state index in [1.165, 1.54) is 16.4 Å². The molecule has 1 aromatic heterocycles. The summed E-state index contributed by atoms with van der Waals surface area (Å²) in [5, 5.41) is 4.48. The Kier molecular flexibility index (Phi) is 7.84. The summed E-state index contributed by atoms with van der Waals surface area (Å²) in [5.41, 5.74) is 3.02. The number of aromatic nitrogens is 1. The summed E-state index contributed by atoms with van der Waals surface area (Å²) in [5.74, 6) is 0.395. The normalized spacial score (nSPS) is 18.7. The molecule has 2 aromatic carbocycles. The van der Waals surface area contributed by atoms with Gasteiger partial charge in [0, 0.05) is 54.4 Å². The molecule has 1 amide bonds. The molecule has 0 spiro atoms. The van der Waals surface area contributed by atoms with Crippen LogP contribution in [0.25, 0.3) is 10.9 Å². The Balaban J connectivity index is 1.43. The van der Waals surface area contributed by atoms with Crippen LogP contribution >= 0.6 is 23.2 Å². The summed E-state index contributed by atoms with van der Waals surface area (Å²) in [6.07, 6.45) is 1.09. The SMILES string of the molecule is Cc1cc(C)c2cccc(OCc3c(Cl)ccc(S(=O)(=O)N4CCC[C@H]4C(=O)N4CCNCC4)c3Cl)c2n1. The second-order valence-corrected chi connectivity index (χ2v) is 12.4. The lowest BCUT2D eigenvalue weighted by molar-refractivity contribution is -0.135. The number of nitrogens with zero attached hydrogens (tertiary/aromatic N) is 3. The zero-order valence-electron chi connectivity index (χ0n) is 21.3. The molecule has 1 N–H and O–H groups in total. The summed E-state index contributed by atoms with van der Waals surface area (Å²) in [6, 6.07) is 9.86. The lowest BCUT2D eigenvalue weighted by Gasteiger charge is -2.32. The number of ether oxygens (including phenoxy) is 1. The number of para-hydroxylation sites is 1. The number of pyridine rings is 1. The number of halogens is 2. The number of fused-ring (bicyclic) bond motifs is 1. The highest BCUT2D eigenvalue weighted by Gasteiger charge is 2.42. The van der Waals surface area contributed by atoms with Crippen molar-refractivity contribution in [2.45, 2.75) is 44.2 Å². The fraction of sp³-hybridized carbons (Fsp3) is 0.407. The van der Waals surface area contributed by atoms with Crippen molar-refractivity contribution in [2.75, 3.05) is 32.7 Å². The van der Waals surface area contributed by atoms with Gasteiger partial charge in [0.2, 0.25) is 15.9 Å². The van der Waals surface area contributed by atoms with Gasteiger partial charge in [0.15, 0.2) is 0 Å². The predicted molar refractivity (Wildman–Crippen MR) is 148 cm³/mol. The van der Waals surface area contributed by atoms with E-state index in [0.29, 0.717) is 60.9 Å². The molecule has 1 atom stereocenters. The lowest BCUT2D eigenvalue weighted by atomic mass is 10.1. The third kappa shape index (κ3) is 5.10. The Morgan fingerprint density at radius 1 is 1.13 bits per heavy atom. The van der Waals surface area contributed by atoms with Crippen molar-refractivity contribution < 1.29 is 17.9 Å². The van der Waals surface area contributed by atoms with Crippen LogP contribution in [0.1, 0.15) is 29.7 Å². The number of nitrogens with one attached hydrogen (secondary N) is 1. The van der Waals surface area contributed by atoms with Crippen LogP contribution < -0.4 is 10.1 Å². The van der Waals surface area contributed by atoms with Crippen molar-refractivity contribution in [2.24, 2.45) is 0 Å². The van der Waals surface area contributed by atoms with Crippen molar-refractivity contribution in [3.8, 4) is 5.75 Å². The number of piperazine rings is 1. The molecular weight excluding hydrogens is 547 g/mol. The highest BCUT2D eigenvalue weighted by Crippen LogP contribution is 2.37. The number of carbonyl (C=O) groups excluding carboxylic acids is 1. The zero-order valence-corrected chi connectivity index (χ0v) is 23.7. The van der Waals surface area contributed by atoms with Gasteiger partial charge in [-0.3, -0.25) is 4.79 Å². The van der Waals surface area contributed by atoms with Gasteiger partial charge in [0.25, 0.3) is 0 Å². The van der Waals surface area contributed by atoms with Crippen LogP contribution in [-0.2, 0) is 21.4 Å². The van der Waals surface area contributed by atoms with Crippen molar-refractivity contribution in [3.05, 3.63) is 63.3 Å². The fourth-order valence-corrected chi connectivity index (χ4v) is 7.74. The van der Waals surface area contributed by atoms with Crippen LogP contribution in [-0.4, -0.2) is 67.3 Å². The number of hydrogen-bond donors (Lipinski definition) is 1. The van der Waals surface area contributed by atoms with Gasteiger partial charge in [-0.25, -0.2) is 13.4 Å². The quantitative estimate of drug-likeness (QED) is 0.469. The van der Waals surface area contributed by atoms with Gasteiger partial charge >= 0.3 is 0 Å². The van der Waals surface area contributed by atoms with Crippen molar-refractivity contribution >= 4 is 50.0 Å². The van der Waals surface area contributed by atoms with E-state index in [2.05, 4.69) is 10.3 Å². The standard InChI is InChI=1S/C27H30Cl2N4O4S/c1-17-15-18(2)31-26-19(17)5-3-7-23(26)37-16-20-21(28)8-9-24(25(20)29)38(35,36)33-12-4-6-22(33)27(34)32-13-10-30-11-14-32/h3,5,7-9,15,22,30H,4,6,10-14,16H2,1-2H3/t22-/m0/s1. The van der Waals surface area contributed by atoms with Gasteiger partial charge < -0.3 is 15.0 Å². The minimum atomic E-state index is -4.06. The van der Waals surface area contributed by atoms with Gasteiger partial charge in [-0.15, -0.1) is 0 Å². The second-order valence-electron chi connectivity index (χ2n) is 9.71. The van der Waals surface area contributed by atoms with Crippen molar-refractivity contribution in [1.82, 2.24) is 19.5 Å². The van der Waals surface area contributed by atoms with E-state index < -0.39 is 16.1 Å². The molecule has 2 aliphatic heterocycles. The molecule has 5 rings (SSSR count). The minimum Gasteiger partial charge on any atom is -0.487 e. The Morgan fingerprint density at radius 2 is 1.89 bits per heavy atom. The largest absolute Gasteiger partial charge is 0.487 e. The average molecular weight is 578 g/mol. The first-order valence-electron chi connectivity index (χ1n) is 12.7. The first kappa shape index (κ1) is 27.1. The van der Waals surface area contributed by atoms with Crippen LogP contribution in [0.2, 0.25) is 10.0 Å². The molecule has 3 heterocycles. The molecule has 202 valence electrons. The Hall–Kier alpha value is -2.43. The predicted octanol–water partition coefficient (Wildman–Crippen LogP) is 4.32. The molecule has 2 fully saturated rings. The number of rotatable bonds is 6. The Labute approximate surface area is 232 Å². The summed E-state index contributed by atoms with van der Waals surface area (Å²) in [7, 11) is -4.06. The van der Waals surface area contributed by atoms with Gasteiger partial charge in [-0.05, 0) is 56.5 Å². The van der Waals surface area contributed by atoms with Gasteiger partial charge in [-0.1, -0.05) is 35.3 Å². The van der Waals surface area contributed by atoms with Crippen molar-refractivity contribution in [1.29, 1.82) is 0 Å². The molecule has 8 nitrogen and oxygen atoms in total. The van der Waals surface area contributed by atoms with Crippen LogP contribution in [0.5, 0.6) is 5.75 Å². The number of amides is 1.